The highest BCUT2D eigenvalue weighted by Crippen LogP contribution is 2.23. The molecule has 0 aromatic heterocycles. The van der Waals surface area contributed by atoms with Crippen molar-refractivity contribution < 1.29 is 21.6 Å². The highest BCUT2D eigenvalue weighted by atomic mass is 32.2. The van der Waals surface area contributed by atoms with Crippen molar-refractivity contribution in [3.63, 3.8) is 0 Å². The Balaban J connectivity index is 2.41. The van der Waals surface area contributed by atoms with Crippen molar-refractivity contribution in [1.82, 2.24) is 4.72 Å². The van der Waals surface area contributed by atoms with Crippen molar-refractivity contribution >= 4 is 27.4 Å². The molecule has 0 spiro atoms. The summed E-state index contributed by atoms with van der Waals surface area (Å²) in [4.78, 5) is 3.92. The molecule has 0 radical (unpaired) electrons. The molecule has 0 unspecified atom stereocenters. The molecule has 1 aliphatic rings. The normalized spacial score (nSPS) is 24.8. The maximum absolute atomic E-state index is 12.0. The molecule has 1 N–H and O–H groups in total. The largest absolute Gasteiger partial charge is 0.390 e. The van der Waals surface area contributed by atoms with Crippen LogP contribution in [0.2, 0.25) is 0 Å². The number of isothiocyanates is 1. The third-order valence-corrected chi connectivity index (χ3v) is 4.47. The first-order valence-corrected chi connectivity index (χ1v) is 7.91. The molecule has 19 heavy (non-hydrogen) atoms. The van der Waals surface area contributed by atoms with Gasteiger partial charge in [-0.3, -0.25) is 0 Å². The van der Waals surface area contributed by atoms with Crippen LogP contribution >= 0.6 is 12.2 Å². The second-order valence-corrected chi connectivity index (χ2v) is 6.58. The lowest BCUT2D eigenvalue weighted by atomic mass is 9.92. The molecule has 0 aliphatic heterocycles. The van der Waals surface area contributed by atoms with E-state index in [9.17, 15) is 21.6 Å². The number of rotatable bonds is 5. The van der Waals surface area contributed by atoms with Crippen molar-refractivity contribution in [2.24, 2.45) is 4.99 Å². The van der Waals surface area contributed by atoms with E-state index in [1.165, 1.54) is 0 Å². The minimum absolute atomic E-state index is 0.0495. The average Bonchev–Trinajstić information content (AvgIpc) is 2.29. The number of thiocarbonyl (C=S) groups is 1. The van der Waals surface area contributed by atoms with Gasteiger partial charge in [-0.15, -0.1) is 0 Å². The fraction of sp³-hybridized carbons (Fsp3) is 0.900. The quantitative estimate of drug-likeness (QED) is 0.625. The van der Waals surface area contributed by atoms with Gasteiger partial charge in [-0.1, -0.05) is 0 Å². The summed E-state index contributed by atoms with van der Waals surface area (Å²) in [5.74, 6) is -0.922. The molecule has 4 nitrogen and oxygen atoms in total. The maximum atomic E-state index is 12.0. The number of alkyl halides is 3. The molecule has 1 rings (SSSR count). The SMILES string of the molecule is O=S(=O)(CCC(F)(F)F)N[C@H]1CC[C@H](N=C=S)CC1. The fourth-order valence-corrected chi connectivity index (χ4v) is 3.47. The lowest BCUT2D eigenvalue weighted by molar-refractivity contribution is -0.130. The lowest BCUT2D eigenvalue weighted by Gasteiger charge is -2.26. The molecular weight excluding hydrogens is 301 g/mol. The highest BCUT2D eigenvalue weighted by Gasteiger charge is 2.31. The van der Waals surface area contributed by atoms with Crippen LogP contribution in [-0.2, 0) is 10.0 Å². The van der Waals surface area contributed by atoms with Crippen LogP contribution in [0.1, 0.15) is 32.1 Å². The number of aliphatic imine (C=N–C) groups is 1. The van der Waals surface area contributed by atoms with E-state index in [2.05, 4.69) is 27.1 Å². The Morgan fingerprint density at radius 1 is 1.26 bits per heavy atom. The van der Waals surface area contributed by atoms with Gasteiger partial charge in [-0.2, -0.15) is 13.2 Å². The Bertz CT molecular complexity index is 436. The predicted octanol–water partition coefficient (Wildman–Crippen LogP) is 2.27. The predicted molar refractivity (Wildman–Crippen MR) is 68.7 cm³/mol. The van der Waals surface area contributed by atoms with E-state index in [0.717, 1.165) is 0 Å². The topological polar surface area (TPSA) is 58.5 Å². The molecule has 9 heteroatoms. The van der Waals surface area contributed by atoms with Crippen LogP contribution in [0.3, 0.4) is 0 Å². The first kappa shape index (κ1) is 16.6. The van der Waals surface area contributed by atoms with Crippen LogP contribution < -0.4 is 4.72 Å². The van der Waals surface area contributed by atoms with Gasteiger partial charge < -0.3 is 0 Å². The summed E-state index contributed by atoms with van der Waals surface area (Å²) >= 11 is 4.48. The zero-order chi connectivity index (χ0) is 14.5. The molecule has 1 fully saturated rings. The Morgan fingerprint density at radius 3 is 2.32 bits per heavy atom. The molecule has 0 aromatic rings. The van der Waals surface area contributed by atoms with E-state index in [1.807, 2.05) is 0 Å². The van der Waals surface area contributed by atoms with Gasteiger partial charge in [0.05, 0.1) is 23.4 Å². The van der Waals surface area contributed by atoms with E-state index in [-0.39, 0.29) is 12.1 Å². The molecule has 1 aliphatic carbocycles. The monoisotopic (exact) mass is 316 g/mol. The minimum atomic E-state index is -4.46. The first-order valence-electron chi connectivity index (χ1n) is 5.85. The zero-order valence-corrected chi connectivity index (χ0v) is 11.7. The Labute approximate surface area is 115 Å². The van der Waals surface area contributed by atoms with E-state index < -0.39 is 28.4 Å². The fourth-order valence-electron chi connectivity index (χ4n) is 1.96. The minimum Gasteiger partial charge on any atom is -0.229 e. The Morgan fingerprint density at radius 2 is 1.84 bits per heavy atom. The second-order valence-electron chi connectivity index (χ2n) is 4.53. The van der Waals surface area contributed by atoms with Crippen molar-refractivity contribution in [3.8, 4) is 0 Å². The van der Waals surface area contributed by atoms with Crippen LogP contribution in [0.4, 0.5) is 13.2 Å². The molecule has 0 aromatic carbocycles. The first-order chi connectivity index (χ1) is 8.72. The summed E-state index contributed by atoms with van der Waals surface area (Å²) in [5.41, 5.74) is 0. The van der Waals surface area contributed by atoms with E-state index in [0.29, 0.717) is 25.7 Å². The van der Waals surface area contributed by atoms with Gasteiger partial charge in [0.15, 0.2) is 0 Å². The molecular formula is C10H15F3N2O2S2. The Kier molecular flexibility index (Phi) is 5.91. The van der Waals surface area contributed by atoms with Crippen LogP contribution in [0.5, 0.6) is 0 Å². The van der Waals surface area contributed by atoms with E-state index >= 15 is 0 Å². The van der Waals surface area contributed by atoms with Crippen LogP contribution in [-0.4, -0.2) is 37.6 Å². The van der Waals surface area contributed by atoms with E-state index in [4.69, 9.17) is 0 Å². The van der Waals surface area contributed by atoms with Gasteiger partial charge in [0, 0.05) is 6.04 Å². The van der Waals surface area contributed by atoms with Crippen LogP contribution in [0, 0.1) is 0 Å². The smallest absolute Gasteiger partial charge is 0.229 e. The summed E-state index contributed by atoms with van der Waals surface area (Å²) < 4.78 is 61.2. The van der Waals surface area contributed by atoms with Crippen molar-refractivity contribution in [1.29, 1.82) is 0 Å². The molecule has 1 saturated carbocycles. The molecule has 0 atom stereocenters. The van der Waals surface area contributed by atoms with Crippen molar-refractivity contribution in [2.45, 2.75) is 50.4 Å². The number of hydrogen-bond acceptors (Lipinski definition) is 4. The van der Waals surface area contributed by atoms with Gasteiger partial charge in [0.25, 0.3) is 0 Å². The molecule has 110 valence electrons. The third-order valence-electron chi connectivity index (χ3n) is 2.93. The zero-order valence-electron chi connectivity index (χ0n) is 10.1. The van der Waals surface area contributed by atoms with Crippen LogP contribution in [0.15, 0.2) is 4.99 Å². The summed E-state index contributed by atoms with van der Waals surface area (Å²) in [6, 6.07) is -0.261. The summed E-state index contributed by atoms with van der Waals surface area (Å²) in [7, 11) is -3.88. The van der Waals surface area contributed by atoms with Crippen molar-refractivity contribution in [3.05, 3.63) is 0 Å². The van der Waals surface area contributed by atoms with Gasteiger partial charge in [-0.25, -0.2) is 18.1 Å². The summed E-state index contributed by atoms with van der Waals surface area (Å²) in [6.07, 6.45) is -3.35. The van der Waals surface area contributed by atoms with Crippen LogP contribution in [0.25, 0.3) is 0 Å². The lowest BCUT2D eigenvalue weighted by Crippen LogP contribution is -2.40. The summed E-state index contributed by atoms with van der Waals surface area (Å²) in [6.45, 7) is 0. The summed E-state index contributed by atoms with van der Waals surface area (Å²) in [5, 5.41) is 2.28. The maximum Gasteiger partial charge on any atom is 0.390 e. The number of hydrogen-bond donors (Lipinski definition) is 1. The average molecular weight is 316 g/mol. The standard InChI is InChI=1S/C10H15F3N2O2S2/c11-10(12,13)5-6-19(16,17)15-9-3-1-8(2-4-9)14-7-18/h8-9,15H,1-6H2/t8-,9-. The number of halogens is 3. The van der Waals surface area contributed by atoms with Crippen molar-refractivity contribution in [2.75, 3.05) is 5.75 Å². The second kappa shape index (κ2) is 6.78. The van der Waals surface area contributed by atoms with Gasteiger partial charge in [-0.05, 0) is 37.9 Å². The number of sulfonamides is 1. The van der Waals surface area contributed by atoms with Gasteiger partial charge >= 0.3 is 6.18 Å². The molecule has 0 heterocycles. The van der Waals surface area contributed by atoms with Gasteiger partial charge in [0.2, 0.25) is 10.0 Å². The molecule has 0 amide bonds. The van der Waals surface area contributed by atoms with Gasteiger partial charge in [0.1, 0.15) is 0 Å². The highest BCUT2D eigenvalue weighted by molar-refractivity contribution is 7.89. The number of nitrogens with zero attached hydrogens (tertiary/aromatic N) is 1. The Hall–Kier alpha value is -0.500. The molecule has 0 bridgehead atoms. The molecule has 0 saturated heterocycles. The third kappa shape index (κ3) is 7.00. The number of nitrogens with one attached hydrogen (secondary N) is 1. The van der Waals surface area contributed by atoms with E-state index in [1.54, 1.807) is 0 Å².